The molecule has 0 bridgehead atoms. The van der Waals surface area contributed by atoms with E-state index in [1.54, 1.807) is 18.3 Å². The van der Waals surface area contributed by atoms with Crippen molar-refractivity contribution in [2.24, 2.45) is 5.73 Å². The first kappa shape index (κ1) is 13.8. The summed E-state index contributed by atoms with van der Waals surface area (Å²) in [6, 6.07) is 3.40. The van der Waals surface area contributed by atoms with Gasteiger partial charge in [0.15, 0.2) is 0 Å². The van der Waals surface area contributed by atoms with E-state index < -0.39 is 5.91 Å². The van der Waals surface area contributed by atoms with Crippen LogP contribution in [0, 0.1) is 0 Å². The van der Waals surface area contributed by atoms with Crippen LogP contribution in [0.1, 0.15) is 23.2 Å². The van der Waals surface area contributed by atoms with Crippen LogP contribution in [0.5, 0.6) is 0 Å². The molecule has 1 aliphatic rings. The van der Waals surface area contributed by atoms with E-state index in [1.165, 1.54) is 0 Å². The SMILES string of the molecule is NC(=O)c1cccnc1N1CCC(OCCO)CC1. The van der Waals surface area contributed by atoms with Gasteiger partial charge in [0.25, 0.3) is 5.91 Å². The third kappa shape index (κ3) is 3.42. The van der Waals surface area contributed by atoms with Gasteiger partial charge in [0.2, 0.25) is 0 Å². The molecule has 2 heterocycles. The highest BCUT2D eigenvalue weighted by Crippen LogP contribution is 2.22. The average Bonchev–Trinajstić information content (AvgIpc) is 2.45. The number of nitrogens with zero attached hydrogens (tertiary/aromatic N) is 2. The van der Waals surface area contributed by atoms with Crippen molar-refractivity contribution in [2.75, 3.05) is 31.2 Å². The fraction of sp³-hybridized carbons (Fsp3) is 0.538. The van der Waals surface area contributed by atoms with Crippen LogP contribution < -0.4 is 10.6 Å². The average molecular weight is 265 g/mol. The van der Waals surface area contributed by atoms with Crippen molar-refractivity contribution in [1.29, 1.82) is 0 Å². The van der Waals surface area contributed by atoms with Crippen molar-refractivity contribution in [2.45, 2.75) is 18.9 Å². The second-order valence-electron chi connectivity index (χ2n) is 4.52. The maximum Gasteiger partial charge on any atom is 0.252 e. The molecule has 0 radical (unpaired) electrons. The number of aromatic nitrogens is 1. The number of nitrogens with two attached hydrogens (primary N) is 1. The van der Waals surface area contributed by atoms with E-state index in [9.17, 15) is 4.79 Å². The molecule has 0 saturated carbocycles. The quantitative estimate of drug-likeness (QED) is 0.791. The number of hydrogen-bond acceptors (Lipinski definition) is 5. The molecule has 1 aliphatic heterocycles. The molecule has 0 unspecified atom stereocenters. The lowest BCUT2D eigenvalue weighted by Gasteiger charge is -2.33. The summed E-state index contributed by atoms with van der Waals surface area (Å²) in [4.78, 5) is 17.7. The summed E-state index contributed by atoms with van der Waals surface area (Å²) in [5.74, 6) is 0.192. The van der Waals surface area contributed by atoms with Crippen LogP contribution in [0.15, 0.2) is 18.3 Å². The summed E-state index contributed by atoms with van der Waals surface area (Å²) >= 11 is 0. The van der Waals surface area contributed by atoms with Crippen molar-refractivity contribution in [3.05, 3.63) is 23.9 Å². The second kappa shape index (κ2) is 6.49. The van der Waals surface area contributed by atoms with E-state index >= 15 is 0 Å². The predicted octanol–water partition coefficient (Wildman–Crippen LogP) is 0.158. The fourth-order valence-electron chi connectivity index (χ4n) is 2.29. The van der Waals surface area contributed by atoms with Crippen molar-refractivity contribution in [3.8, 4) is 0 Å². The predicted molar refractivity (Wildman–Crippen MR) is 71.0 cm³/mol. The zero-order valence-corrected chi connectivity index (χ0v) is 10.8. The summed E-state index contributed by atoms with van der Waals surface area (Å²) < 4.78 is 5.51. The Morgan fingerprint density at radius 1 is 1.53 bits per heavy atom. The van der Waals surface area contributed by atoms with Gasteiger partial charge in [-0.25, -0.2) is 4.98 Å². The Morgan fingerprint density at radius 2 is 2.26 bits per heavy atom. The molecule has 2 rings (SSSR count). The molecule has 1 aromatic heterocycles. The third-order valence-corrected chi connectivity index (χ3v) is 3.24. The number of hydrogen-bond donors (Lipinski definition) is 2. The first-order valence-corrected chi connectivity index (χ1v) is 6.44. The molecule has 0 spiro atoms. The van der Waals surface area contributed by atoms with Crippen LogP contribution in [0.4, 0.5) is 5.82 Å². The molecular formula is C13H19N3O3. The van der Waals surface area contributed by atoms with E-state index in [0.29, 0.717) is 18.0 Å². The molecule has 104 valence electrons. The minimum atomic E-state index is -0.457. The summed E-state index contributed by atoms with van der Waals surface area (Å²) in [5.41, 5.74) is 5.81. The lowest BCUT2D eigenvalue weighted by molar-refractivity contribution is 0.0158. The van der Waals surface area contributed by atoms with Crippen LogP contribution in [-0.2, 0) is 4.74 Å². The van der Waals surface area contributed by atoms with E-state index in [-0.39, 0.29) is 12.7 Å². The van der Waals surface area contributed by atoms with Crippen LogP contribution in [0.25, 0.3) is 0 Å². The maximum absolute atomic E-state index is 11.4. The highest BCUT2D eigenvalue weighted by molar-refractivity contribution is 5.97. The smallest absolute Gasteiger partial charge is 0.252 e. The zero-order valence-electron chi connectivity index (χ0n) is 10.8. The molecule has 1 amide bonds. The summed E-state index contributed by atoms with van der Waals surface area (Å²) in [5, 5.41) is 8.73. The minimum absolute atomic E-state index is 0.0479. The van der Waals surface area contributed by atoms with Gasteiger partial charge in [-0.2, -0.15) is 0 Å². The Morgan fingerprint density at radius 3 is 2.89 bits per heavy atom. The molecular weight excluding hydrogens is 246 g/mol. The van der Waals surface area contributed by atoms with Gasteiger partial charge in [-0.15, -0.1) is 0 Å². The highest BCUT2D eigenvalue weighted by Gasteiger charge is 2.23. The number of carbonyl (C=O) groups excluding carboxylic acids is 1. The van der Waals surface area contributed by atoms with Gasteiger partial charge in [0, 0.05) is 19.3 Å². The number of pyridine rings is 1. The summed E-state index contributed by atoms with van der Waals surface area (Å²) in [6.45, 7) is 1.97. The molecule has 6 heteroatoms. The number of anilines is 1. The number of ether oxygens (including phenoxy) is 1. The van der Waals surface area contributed by atoms with Crippen LogP contribution >= 0.6 is 0 Å². The molecule has 0 aromatic carbocycles. The van der Waals surface area contributed by atoms with E-state index in [2.05, 4.69) is 9.88 Å². The molecule has 0 atom stereocenters. The number of amides is 1. The second-order valence-corrected chi connectivity index (χ2v) is 4.52. The Hall–Kier alpha value is -1.66. The van der Waals surface area contributed by atoms with E-state index in [1.807, 2.05) is 0 Å². The normalized spacial score (nSPS) is 16.6. The zero-order chi connectivity index (χ0) is 13.7. The fourth-order valence-corrected chi connectivity index (χ4v) is 2.29. The van der Waals surface area contributed by atoms with Gasteiger partial charge in [0.05, 0.1) is 24.9 Å². The van der Waals surface area contributed by atoms with Gasteiger partial charge >= 0.3 is 0 Å². The monoisotopic (exact) mass is 265 g/mol. The van der Waals surface area contributed by atoms with Gasteiger partial charge in [-0.1, -0.05) is 0 Å². The first-order valence-electron chi connectivity index (χ1n) is 6.44. The number of rotatable bonds is 5. The van der Waals surface area contributed by atoms with Crippen molar-refractivity contribution in [1.82, 2.24) is 4.98 Å². The molecule has 6 nitrogen and oxygen atoms in total. The molecule has 3 N–H and O–H groups in total. The van der Waals surface area contributed by atoms with Gasteiger partial charge in [0.1, 0.15) is 5.82 Å². The Bertz CT molecular complexity index is 431. The lowest BCUT2D eigenvalue weighted by Crippen LogP contribution is -2.38. The number of piperidine rings is 1. The largest absolute Gasteiger partial charge is 0.394 e. The number of aliphatic hydroxyl groups excluding tert-OH is 1. The van der Waals surface area contributed by atoms with E-state index in [4.69, 9.17) is 15.6 Å². The molecule has 0 aliphatic carbocycles. The van der Waals surface area contributed by atoms with E-state index in [0.717, 1.165) is 25.9 Å². The third-order valence-electron chi connectivity index (χ3n) is 3.24. The summed E-state index contributed by atoms with van der Waals surface area (Å²) in [7, 11) is 0. The van der Waals surface area contributed by atoms with Crippen LogP contribution in [0.2, 0.25) is 0 Å². The molecule has 1 fully saturated rings. The molecule has 19 heavy (non-hydrogen) atoms. The molecule has 1 aromatic rings. The number of primary amides is 1. The lowest BCUT2D eigenvalue weighted by atomic mass is 10.1. The van der Waals surface area contributed by atoms with Gasteiger partial charge in [-0.3, -0.25) is 4.79 Å². The van der Waals surface area contributed by atoms with Crippen LogP contribution in [-0.4, -0.2) is 48.4 Å². The number of carbonyl (C=O) groups is 1. The number of aliphatic hydroxyl groups is 1. The Balaban J connectivity index is 2.00. The van der Waals surface area contributed by atoms with Gasteiger partial charge in [-0.05, 0) is 25.0 Å². The topological polar surface area (TPSA) is 88.7 Å². The Labute approximate surface area is 112 Å². The summed E-state index contributed by atoms with van der Waals surface area (Å²) in [6.07, 6.45) is 3.55. The standard InChI is InChI=1S/C13H19N3O3/c14-12(18)11-2-1-5-15-13(11)16-6-3-10(4-7-16)19-9-8-17/h1-2,5,10,17H,3-4,6-9H2,(H2,14,18). The van der Waals surface area contributed by atoms with Crippen molar-refractivity contribution >= 4 is 11.7 Å². The Kier molecular flexibility index (Phi) is 4.70. The minimum Gasteiger partial charge on any atom is -0.394 e. The van der Waals surface area contributed by atoms with Crippen LogP contribution in [0.3, 0.4) is 0 Å². The maximum atomic E-state index is 11.4. The molecule has 1 saturated heterocycles. The highest BCUT2D eigenvalue weighted by atomic mass is 16.5. The van der Waals surface area contributed by atoms with Gasteiger partial charge < -0.3 is 20.5 Å². The van der Waals surface area contributed by atoms with Crippen molar-refractivity contribution in [3.63, 3.8) is 0 Å². The first-order chi connectivity index (χ1) is 9.22. The van der Waals surface area contributed by atoms with Crippen molar-refractivity contribution < 1.29 is 14.6 Å².